The molecule has 1 aromatic carbocycles. The third-order valence-corrected chi connectivity index (χ3v) is 4.22. The van der Waals surface area contributed by atoms with Gasteiger partial charge in [0, 0.05) is 27.1 Å². The van der Waals surface area contributed by atoms with Gasteiger partial charge in [-0.05, 0) is 52.8 Å². The molecule has 0 aliphatic heterocycles. The second kappa shape index (κ2) is 5.32. The summed E-state index contributed by atoms with van der Waals surface area (Å²) in [6.07, 6.45) is 0. The highest BCUT2D eigenvalue weighted by atomic mass is 35.5. The van der Waals surface area contributed by atoms with E-state index in [9.17, 15) is 10.1 Å². The van der Waals surface area contributed by atoms with Crippen molar-refractivity contribution in [2.24, 2.45) is 0 Å². The standard InChI is InChI=1S/C15H21BClNO3/c1-9-6-10-7-11(17)8-12(13(10)18-9)16(20)21-15(4,5)14(2,3)19/h6-8,18-20H,1-5H3. The molecule has 2 rings (SSSR count). The number of hydrogen-bond acceptors (Lipinski definition) is 3. The van der Waals surface area contributed by atoms with E-state index in [1.54, 1.807) is 33.8 Å². The Hall–Kier alpha value is -1.01. The molecule has 0 atom stereocenters. The van der Waals surface area contributed by atoms with Gasteiger partial charge in [-0.1, -0.05) is 11.6 Å². The number of aromatic amines is 1. The summed E-state index contributed by atoms with van der Waals surface area (Å²) < 4.78 is 5.69. The van der Waals surface area contributed by atoms with Crippen molar-refractivity contribution in [2.75, 3.05) is 0 Å². The Morgan fingerprint density at radius 3 is 2.38 bits per heavy atom. The molecule has 4 nitrogen and oxygen atoms in total. The molecule has 0 aliphatic carbocycles. The quantitative estimate of drug-likeness (QED) is 0.760. The van der Waals surface area contributed by atoms with Crippen molar-refractivity contribution in [1.82, 2.24) is 4.98 Å². The smallest absolute Gasteiger partial charge is 0.423 e. The van der Waals surface area contributed by atoms with Crippen LogP contribution in [0.15, 0.2) is 18.2 Å². The average molecular weight is 310 g/mol. The maximum atomic E-state index is 10.4. The van der Waals surface area contributed by atoms with Gasteiger partial charge in [-0.15, -0.1) is 0 Å². The van der Waals surface area contributed by atoms with E-state index in [-0.39, 0.29) is 0 Å². The van der Waals surface area contributed by atoms with E-state index in [4.69, 9.17) is 16.3 Å². The van der Waals surface area contributed by atoms with E-state index < -0.39 is 18.3 Å². The predicted octanol–water partition coefficient (Wildman–Crippen LogP) is 2.38. The third kappa shape index (κ3) is 3.26. The largest absolute Gasteiger partial charge is 0.493 e. The fourth-order valence-electron chi connectivity index (χ4n) is 2.06. The molecule has 6 heteroatoms. The minimum Gasteiger partial charge on any atom is -0.423 e. The monoisotopic (exact) mass is 309 g/mol. The number of benzene rings is 1. The van der Waals surface area contributed by atoms with Gasteiger partial charge >= 0.3 is 7.12 Å². The van der Waals surface area contributed by atoms with Crippen LogP contribution in [0.4, 0.5) is 0 Å². The Morgan fingerprint density at radius 2 is 1.81 bits per heavy atom. The number of aryl methyl sites for hydroxylation is 1. The predicted molar refractivity (Wildman–Crippen MR) is 87.1 cm³/mol. The molecule has 0 unspecified atom stereocenters. The van der Waals surface area contributed by atoms with E-state index in [0.29, 0.717) is 10.5 Å². The Bertz CT molecular complexity index is 661. The van der Waals surface area contributed by atoms with Crippen molar-refractivity contribution in [2.45, 2.75) is 45.8 Å². The van der Waals surface area contributed by atoms with Crippen molar-refractivity contribution in [1.29, 1.82) is 0 Å². The SMILES string of the molecule is Cc1cc2cc(Cl)cc(B(O)OC(C)(C)C(C)(C)O)c2[nH]1. The first kappa shape index (κ1) is 16.4. The molecule has 0 aliphatic rings. The summed E-state index contributed by atoms with van der Waals surface area (Å²) in [5.74, 6) is 0. The number of hydrogen-bond donors (Lipinski definition) is 3. The second-order valence-electron chi connectivity index (χ2n) is 6.45. The Kier molecular flexibility index (Phi) is 4.15. The normalized spacial score (nSPS) is 13.0. The van der Waals surface area contributed by atoms with Crippen molar-refractivity contribution < 1.29 is 14.8 Å². The summed E-state index contributed by atoms with van der Waals surface area (Å²) in [7, 11) is -1.19. The summed E-state index contributed by atoms with van der Waals surface area (Å²) >= 11 is 6.11. The molecule has 0 saturated heterocycles. The van der Waals surface area contributed by atoms with Crippen LogP contribution in [0.1, 0.15) is 33.4 Å². The molecule has 114 valence electrons. The molecule has 3 N–H and O–H groups in total. The van der Waals surface area contributed by atoms with Crippen LogP contribution in [0, 0.1) is 6.92 Å². The van der Waals surface area contributed by atoms with Gasteiger partial charge in [-0.3, -0.25) is 0 Å². The Morgan fingerprint density at radius 1 is 1.19 bits per heavy atom. The maximum absolute atomic E-state index is 10.4. The number of halogens is 1. The van der Waals surface area contributed by atoms with Gasteiger partial charge < -0.3 is 19.8 Å². The first-order chi connectivity index (χ1) is 9.51. The van der Waals surface area contributed by atoms with Crippen LogP contribution in [-0.2, 0) is 4.65 Å². The molecule has 0 saturated carbocycles. The lowest BCUT2D eigenvalue weighted by atomic mass is 9.75. The highest BCUT2D eigenvalue weighted by Gasteiger charge is 2.40. The fraction of sp³-hybridized carbons (Fsp3) is 0.467. The minimum absolute atomic E-state index is 0.528. The zero-order valence-corrected chi connectivity index (χ0v) is 13.7. The van der Waals surface area contributed by atoms with Crippen LogP contribution in [0.2, 0.25) is 5.02 Å². The highest BCUT2D eigenvalue weighted by Crippen LogP contribution is 2.26. The summed E-state index contributed by atoms with van der Waals surface area (Å²) in [5, 5.41) is 22.0. The van der Waals surface area contributed by atoms with Crippen molar-refractivity contribution in [3.63, 3.8) is 0 Å². The van der Waals surface area contributed by atoms with Crippen LogP contribution in [0.25, 0.3) is 10.9 Å². The summed E-state index contributed by atoms with van der Waals surface area (Å²) in [6, 6.07) is 5.46. The molecule has 1 heterocycles. The summed E-state index contributed by atoms with van der Waals surface area (Å²) in [6.45, 7) is 8.69. The molecule has 0 bridgehead atoms. The third-order valence-electron chi connectivity index (χ3n) is 4.00. The first-order valence-corrected chi connectivity index (χ1v) is 7.26. The van der Waals surface area contributed by atoms with E-state index in [0.717, 1.165) is 16.6 Å². The van der Waals surface area contributed by atoms with Crippen LogP contribution in [0.3, 0.4) is 0 Å². The molecule has 1 aromatic heterocycles. The van der Waals surface area contributed by atoms with Gasteiger partial charge in [0.1, 0.15) is 0 Å². The number of aliphatic hydroxyl groups is 1. The molecular formula is C15H21BClNO3. The first-order valence-electron chi connectivity index (χ1n) is 6.88. The van der Waals surface area contributed by atoms with Crippen molar-refractivity contribution in [3.05, 3.63) is 28.9 Å². The topological polar surface area (TPSA) is 65.5 Å². The number of H-pyrrole nitrogens is 1. The molecule has 0 fully saturated rings. The van der Waals surface area contributed by atoms with Gasteiger partial charge in [0.2, 0.25) is 0 Å². The lowest BCUT2D eigenvalue weighted by molar-refractivity contribution is -0.0982. The van der Waals surface area contributed by atoms with Gasteiger partial charge in [0.15, 0.2) is 0 Å². The summed E-state index contributed by atoms with van der Waals surface area (Å²) in [4.78, 5) is 3.20. The zero-order chi connectivity index (χ0) is 16.0. The minimum atomic E-state index is -1.19. The van der Waals surface area contributed by atoms with Crippen LogP contribution in [0.5, 0.6) is 0 Å². The van der Waals surface area contributed by atoms with E-state index in [1.807, 2.05) is 19.1 Å². The molecular weight excluding hydrogens is 288 g/mol. The molecule has 21 heavy (non-hydrogen) atoms. The summed E-state index contributed by atoms with van der Waals surface area (Å²) in [5.41, 5.74) is 0.293. The van der Waals surface area contributed by atoms with Crippen LogP contribution < -0.4 is 5.46 Å². The molecule has 0 spiro atoms. The van der Waals surface area contributed by atoms with Crippen molar-refractivity contribution >= 4 is 35.1 Å². The van der Waals surface area contributed by atoms with Crippen molar-refractivity contribution in [3.8, 4) is 0 Å². The average Bonchev–Trinajstić information content (AvgIpc) is 2.65. The maximum Gasteiger partial charge on any atom is 0.493 e. The number of rotatable bonds is 4. The highest BCUT2D eigenvalue weighted by molar-refractivity contribution is 6.63. The number of nitrogens with one attached hydrogen (secondary N) is 1. The number of aromatic nitrogens is 1. The lowest BCUT2D eigenvalue weighted by Crippen LogP contribution is -2.53. The number of fused-ring (bicyclic) bond motifs is 1. The zero-order valence-electron chi connectivity index (χ0n) is 13.0. The van der Waals surface area contributed by atoms with Gasteiger partial charge in [-0.2, -0.15) is 0 Å². The van der Waals surface area contributed by atoms with E-state index >= 15 is 0 Å². The fourth-order valence-corrected chi connectivity index (χ4v) is 2.29. The van der Waals surface area contributed by atoms with Crippen LogP contribution in [-0.4, -0.2) is 33.4 Å². The van der Waals surface area contributed by atoms with Gasteiger partial charge in [0.25, 0.3) is 0 Å². The van der Waals surface area contributed by atoms with Gasteiger partial charge in [0.05, 0.1) is 11.2 Å². The van der Waals surface area contributed by atoms with Gasteiger partial charge in [-0.25, -0.2) is 0 Å². The Balaban J connectivity index is 2.42. The molecule has 2 aromatic rings. The molecule has 0 radical (unpaired) electrons. The molecule has 0 amide bonds. The van der Waals surface area contributed by atoms with E-state index in [1.165, 1.54) is 0 Å². The Labute approximate surface area is 130 Å². The van der Waals surface area contributed by atoms with E-state index in [2.05, 4.69) is 4.98 Å². The second-order valence-corrected chi connectivity index (χ2v) is 6.89. The van der Waals surface area contributed by atoms with Crippen LogP contribution >= 0.6 is 11.6 Å². The lowest BCUT2D eigenvalue weighted by Gasteiger charge is -2.38.